The second-order valence-corrected chi connectivity index (χ2v) is 8.50. The molecule has 33 heavy (non-hydrogen) atoms. The average molecular weight is 447 g/mol. The molecule has 9 heteroatoms. The third kappa shape index (κ3) is 4.39. The zero-order chi connectivity index (χ0) is 22.9. The van der Waals surface area contributed by atoms with Crippen molar-refractivity contribution in [1.82, 2.24) is 25.2 Å². The van der Waals surface area contributed by atoms with E-state index in [0.29, 0.717) is 48.7 Å². The topological polar surface area (TPSA) is 98.6 Å². The summed E-state index contributed by atoms with van der Waals surface area (Å²) < 4.78 is 12.3. The molecule has 0 aliphatic carbocycles. The van der Waals surface area contributed by atoms with E-state index in [1.54, 1.807) is 34.0 Å². The van der Waals surface area contributed by atoms with Gasteiger partial charge < -0.3 is 19.7 Å². The van der Waals surface area contributed by atoms with Crippen LogP contribution in [0.15, 0.2) is 42.6 Å². The van der Waals surface area contributed by atoms with E-state index >= 15 is 0 Å². The lowest BCUT2D eigenvalue weighted by Crippen LogP contribution is -2.46. The van der Waals surface area contributed by atoms with Gasteiger partial charge in [0.05, 0.1) is 11.9 Å². The van der Waals surface area contributed by atoms with Crippen LogP contribution in [0, 0.1) is 13.8 Å². The number of ether oxygens (including phenoxy) is 2. The number of nitrogens with one attached hydrogen (secondary N) is 1. The van der Waals surface area contributed by atoms with Crippen LogP contribution in [0.3, 0.4) is 0 Å². The number of hydrogen-bond acceptors (Lipinski definition) is 6. The summed E-state index contributed by atoms with van der Waals surface area (Å²) in [7, 11) is 0. The number of piperidine rings is 1. The van der Waals surface area contributed by atoms with E-state index in [4.69, 9.17) is 9.47 Å². The van der Waals surface area contributed by atoms with Gasteiger partial charge in [-0.25, -0.2) is 4.68 Å². The SMILES string of the molecule is Cc1cc(C)cc(-n2cc(C(=O)N3CCC(NC(=O)c4ccc5c(c4)OCO5)CC3)nn2)c1. The molecule has 5 rings (SSSR count). The van der Waals surface area contributed by atoms with E-state index < -0.39 is 0 Å². The molecule has 0 atom stereocenters. The molecule has 1 saturated heterocycles. The Bertz CT molecular complexity index is 1190. The number of benzene rings is 2. The molecule has 9 nitrogen and oxygen atoms in total. The molecule has 0 bridgehead atoms. The molecule has 1 fully saturated rings. The van der Waals surface area contributed by atoms with Gasteiger partial charge in [-0.2, -0.15) is 0 Å². The number of carbonyl (C=O) groups is 2. The standard InChI is InChI=1S/C24H25N5O4/c1-15-9-16(2)11-19(10-15)29-13-20(26-27-29)24(31)28-7-5-18(6-8-28)25-23(30)17-3-4-21-22(12-17)33-14-32-21/h3-4,9-13,18H,5-8,14H2,1-2H3,(H,25,30). The van der Waals surface area contributed by atoms with E-state index in [1.165, 1.54) is 0 Å². The number of fused-ring (bicyclic) bond motifs is 1. The lowest BCUT2D eigenvalue weighted by atomic mass is 10.0. The van der Waals surface area contributed by atoms with Gasteiger partial charge in [0.15, 0.2) is 17.2 Å². The Labute approximate surface area is 191 Å². The summed E-state index contributed by atoms with van der Waals surface area (Å²) in [4.78, 5) is 27.3. The van der Waals surface area contributed by atoms with E-state index in [1.807, 2.05) is 26.0 Å². The lowest BCUT2D eigenvalue weighted by molar-refractivity contribution is 0.0692. The Balaban J connectivity index is 1.18. The maximum atomic E-state index is 12.9. The predicted octanol–water partition coefficient (Wildman–Crippen LogP) is 2.65. The van der Waals surface area contributed by atoms with Crippen molar-refractivity contribution >= 4 is 11.8 Å². The molecule has 2 aromatic carbocycles. The molecule has 1 N–H and O–H groups in total. The molecule has 0 spiro atoms. The number of aromatic nitrogens is 3. The van der Waals surface area contributed by atoms with Crippen LogP contribution in [0.4, 0.5) is 0 Å². The van der Waals surface area contributed by atoms with E-state index in [2.05, 4.69) is 21.7 Å². The van der Waals surface area contributed by atoms with Crippen molar-refractivity contribution in [2.24, 2.45) is 0 Å². The molecular weight excluding hydrogens is 422 g/mol. The molecule has 0 radical (unpaired) electrons. The highest BCUT2D eigenvalue weighted by Crippen LogP contribution is 2.32. The average Bonchev–Trinajstić information content (AvgIpc) is 3.48. The third-order valence-electron chi connectivity index (χ3n) is 5.94. The number of aryl methyl sites for hydroxylation is 2. The first-order chi connectivity index (χ1) is 16.0. The van der Waals surface area contributed by atoms with Crippen molar-refractivity contribution in [3.63, 3.8) is 0 Å². The van der Waals surface area contributed by atoms with Crippen LogP contribution < -0.4 is 14.8 Å². The molecule has 3 heterocycles. The van der Waals surface area contributed by atoms with Crippen LogP contribution in [0.2, 0.25) is 0 Å². The van der Waals surface area contributed by atoms with Crippen molar-refractivity contribution in [2.45, 2.75) is 32.7 Å². The Kier molecular flexibility index (Phi) is 5.45. The van der Waals surface area contributed by atoms with Gasteiger partial charge in [-0.05, 0) is 68.1 Å². The number of carbonyl (C=O) groups excluding carboxylic acids is 2. The number of nitrogens with zero attached hydrogens (tertiary/aromatic N) is 4. The molecule has 3 aromatic rings. The Hall–Kier alpha value is -3.88. The van der Waals surface area contributed by atoms with Crippen molar-refractivity contribution in [3.05, 3.63) is 65.0 Å². The predicted molar refractivity (Wildman–Crippen MR) is 120 cm³/mol. The van der Waals surface area contributed by atoms with Crippen molar-refractivity contribution in [1.29, 1.82) is 0 Å². The normalized spacial score (nSPS) is 15.5. The van der Waals surface area contributed by atoms with Gasteiger partial charge >= 0.3 is 0 Å². The van der Waals surface area contributed by atoms with Crippen LogP contribution in [0.1, 0.15) is 44.8 Å². The minimum absolute atomic E-state index is 0.00192. The lowest BCUT2D eigenvalue weighted by Gasteiger charge is -2.31. The third-order valence-corrected chi connectivity index (χ3v) is 5.94. The largest absolute Gasteiger partial charge is 0.454 e. The quantitative estimate of drug-likeness (QED) is 0.660. The maximum Gasteiger partial charge on any atom is 0.276 e. The molecule has 0 saturated carbocycles. The molecule has 170 valence electrons. The van der Waals surface area contributed by atoms with Crippen LogP contribution in [0.5, 0.6) is 11.5 Å². The molecule has 2 aliphatic heterocycles. The highest BCUT2D eigenvalue weighted by Gasteiger charge is 2.27. The summed E-state index contributed by atoms with van der Waals surface area (Å²) >= 11 is 0. The highest BCUT2D eigenvalue weighted by molar-refractivity contribution is 5.95. The summed E-state index contributed by atoms with van der Waals surface area (Å²) in [5.41, 5.74) is 3.97. The summed E-state index contributed by atoms with van der Waals surface area (Å²) in [6.07, 6.45) is 3.02. The molecule has 0 unspecified atom stereocenters. The molecular formula is C24H25N5O4. The zero-order valence-electron chi connectivity index (χ0n) is 18.6. The molecule has 2 aliphatic rings. The smallest absolute Gasteiger partial charge is 0.276 e. The molecule has 1 aromatic heterocycles. The first kappa shape index (κ1) is 21.0. The summed E-state index contributed by atoms with van der Waals surface area (Å²) in [6.45, 7) is 5.30. The fraction of sp³-hybridized carbons (Fsp3) is 0.333. The van der Waals surface area contributed by atoms with Crippen LogP contribution in [-0.4, -0.2) is 57.6 Å². The van der Waals surface area contributed by atoms with Gasteiger partial charge in [-0.1, -0.05) is 11.3 Å². The number of amides is 2. The monoisotopic (exact) mass is 447 g/mol. The second kappa shape index (κ2) is 8.57. The van der Waals surface area contributed by atoms with Crippen molar-refractivity contribution < 1.29 is 19.1 Å². The summed E-state index contributed by atoms with van der Waals surface area (Å²) in [5, 5.41) is 11.3. The minimum atomic E-state index is -0.158. The first-order valence-corrected chi connectivity index (χ1v) is 11.0. The molecule has 2 amide bonds. The van der Waals surface area contributed by atoms with Gasteiger partial charge in [-0.3, -0.25) is 9.59 Å². The van der Waals surface area contributed by atoms with Crippen molar-refractivity contribution in [2.75, 3.05) is 19.9 Å². The van der Waals surface area contributed by atoms with Gasteiger partial charge in [-0.15, -0.1) is 5.10 Å². The van der Waals surface area contributed by atoms with Crippen molar-refractivity contribution in [3.8, 4) is 17.2 Å². The van der Waals surface area contributed by atoms with Gasteiger partial charge in [0.1, 0.15) is 0 Å². The minimum Gasteiger partial charge on any atom is -0.454 e. The van der Waals surface area contributed by atoms with Gasteiger partial charge in [0, 0.05) is 24.7 Å². The zero-order valence-corrected chi connectivity index (χ0v) is 18.6. The fourth-order valence-electron chi connectivity index (χ4n) is 4.27. The number of rotatable bonds is 4. The fourth-order valence-corrected chi connectivity index (χ4v) is 4.27. The summed E-state index contributed by atoms with van der Waals surface area (Å²) in [6, 6.07) is 11.2. The van der Waals surface area contributed by atoms with Gasteiger partial charge in [0.25, 0.3) is 11.8 Å². The van der Waals surface area contributed by atoms with Crippen LogP contribution in [0.25, 0.3) is 5.69 Å². The van der Waals surface area contributed by atoms with E-state index in [-0.39, 0.29) is 24.6 Å². The maximum absolute atomic E-state index is 12.9. The second-order valence-electron chi connectivity index (χ2n) is 8.50. The number of likely N-dealkylation sites (tertiary alicyclic amines) is 1. The number of hydrogen-bond donors (Lipinski definition) is 1. The Morgan fingerprint density at radius 2 is 1.73 bits per heavy atom. The first-order valence-electron chi connectivity index (χ1n) is 11.0. The van der Waals surface area contributed by atoms with E-state index in [9.17, 15) is 9.59 Å². The summed E-state index contributed by atoms with van der Waals surface area (Å²) in [5.74, 6) is 0.922. The van der Waals surface area contributed by atoms with Crippen LogP contribution >= 0.6 is 0 Å². The Morgan fingerprint density at radius 3 is 2.48 bits per heavy atom. The van der Waals surface area contributed by atoms with Crippen LogP contribution in [-0.2, 0) is 0 Å². The van der Waals surface area contributed by atoms with Gasteiger partial charge in [0.2, 0.25) is 6.79 Å². The van der Waals surface area contributed by atoms with E-state index in [0.717, 1.165) is 16.8 Å². The Morgan fingerprint density at radius 1 is 1.00 bits per heavy atom. The highest BCUT2D eigenvalue weighted by atomic mass is 16.7.